The van der Waals surface area contributed by atoms with Gasteiger partial charge in [0.05, 0.1) is 37.5 Å². The summed E-state index contributed by atoms with van der Waals surface area (Å²) in [5.41, 5.74) is 0.984. The Morgan fingerprint density at radius 2 is 1.83 bits per heavy atom. The second-order valence-corrected chi connectivity index (χ2v) is 11.7. The summed E-state index contributed by atoms with van der Waals surface area (Å²) in [6.07, 6.45) is 0.533. The predicted octanol–water partition coefficient (Wildman–Crippen LogP) is 2.40. The summed E-state index contributed by atoms with van der Waals surface area (Å²) in [4.78, 5) is 55.1. The molecule has 0 spiro atoms. The van der Waals surface area contributed by atoms with Crippen LogP contribution in [0.5, 0.6) is 11.5 Å². The van der Waals surface area contributed by atoms with Crippen molar-refractivity contribution in [2.24, 2.45) is 29.6 Å². The van der Waals surface area contributed by atoms with Crippen LogP contribution in [0.15, 0.2) is 28.0 Å². The SMILES string of the molecule is COc1ccc([C@@H]2c3sc(=O)[nH]c3S[C@@H]3[C@H]4C[C@@H]([C@@H]5C(=O)N(CCC(=O)O)C(=O)[C@@H]45)[C@@H]23)cc1OC. The Balaban J connectivity index is 1.42. The fourth-order valence-corrected chi connectivity index (χ4v) is 9.81. The number of hydrogen-bond acceptors (Lipinski definition) is 8. The quantitative estimate of drug-likeness (QED) is 0.561. The van der Waals surface area contributed by atoms with Crippen molar-refractivity contribution < 1.29 is 29.0 Å². The van der Waals surface area contributed by atoms with Crippen molar-refractivity contribution in [3.63, 3.8) is 0 Å². The van der Waals surface area contributed by atoms with E-state index in [9.17, 15) is 19.2 Å². The molecule has 2 aliphatic heterocycles. The molecule has 9 nitrogen and oxygen atoms in total. The summed E-state index contributed by atoms with van der Waals surface area (Å²) < 4.78 is 11.0. The largest absolute Gasteiger partial charge is 0.493 e. The summed E-state index contributed by atoms with van der Waals surface area (Å²) in [7, 11) is 3.16. The summed E-state index contributed by atoms with van der Waals surface area (Å²) in [6.45, 7) is -0.0817. The predicted molar refractivity (Wildman–Crippen MR) is 127 cm³/mol. The summed E-state index contributed by atoms with van der Waals surface area (Å²) in [5, 5.41) is 9.99. The van der Waals surface area contributed by atoms with Gasteiger partial charge in [-0.1, -0.05) is 17.4 Å². The van der Waals surface area contributed by atoms with Crippen LogP contribution >= 0.6 is 23.1 Å². The van der Waals surface area contributed by atoms with Gasteiger partial charge in [0.25, 0.3) is 0 Å². The van der Waals surface area contributed by atoms with Gasteiger partial charge in [-0.25, -0.2) is 0 Å². The maximum Gasteiger partial charge on any atom is 0.305 e. The zero-order chi connectivity index (χ0) is 24.6. The average Bonchev–Trinajstić information content (AvgIpc) is 3.56. The van der Waals surface area contributed by atoms with E-state index in [1.165, 1.54) is 16.2 Å². The van der Waals surface area contributed by atoms with E-state index in [-0.39, 0.29) is 58.6 Å². The molecule has 2 N–H and O–H groups in total. The standard InChI is InChI=1S/C24H24N2O7S2/c1-32-12-4-3-9(7-13(12)33-2)15-16-10-8-11(19(16)34-21-20(15)35-24(31)25-21)18-17(10)22(29)26(23(18)30)6-5-14(27)28/h3-4,7,10-11,15-19H,5-6,8H2,1-2H3,(H,25,31)(H,27,28)/t10-,11+,15+,16+,17+,18+,19-/m1/s1. The molecule has 1 saturated heterocycles. The molecule has 7 atom stereocenters. The number of amides is 2. The van der Waals surface area contributed by atoms with Crippen LogP contribution in [0, 0.1) is 29.6 Å². The van der Waals surface area contributed by atoms with Crippen molar-refractivity contribution in [1.82, 2.24) is 9.88 Å². The van der Waals surface area contributed by atoms with Gasteiger partial charge < -0.3 is 19.6 Å². The first kappa shape index (κ1) is 22.7. The molecule has 3 fully saturated rings. The fourth-order valence-electron chi connectivity index (χ4n) is 6.93. The number of hydrogen-bond donors (Lipinski definition) is 2. The number of likely N-dealkylation sites (tertiary alicyclic amines) is 1. The summed E-state index contributed by atoms with van der Waals surface area (Å²) in [5.74, 6) is -1.20. The lowest BCUT2D eigenvalue weighted by atomic mass is 9.68. The number of carbonyl (C=O) groups is 3. The van der Waals surface area contributed by atoms with E-state index >= 15 is 0 Å². The number of aromatic amines is 1. The summed E-state index contributed by atoms with van der Waals surface area (Å²) >= 11 is 2.82. The van der Waals surface area contributed by atoms with Crippen molar-refractivity contribution >= 4 is 40.9 Å². The highest BCUT2D eigenvalue weighted by Crippen LogP contribution is 2.68. The van der Waals surface area contributed by atoms with Gasteiger partial charge in [0.15, 0.2) is 11.5 Å². The van der Waals surface area contributed by atoms with Crippen LogP contribution in [0.4, 0.5) is 0 Å². The minimum Gasteiger partial charge on any atom is -0.493 e. The molecule has 35 heavy (non-hydrogen) atoms. The lowest BCUT2D eigenvalue weighted by Gasteiger charge is -2.43. The second-order valence-electron chi connectivity index (χ2n) is 9.55. The molecule has 6 rings (SSSR count). The van der Waals surface area contributed by atoms with Crippen LogP contribution in [-0.2, 0) is 14.4 Å². The van der Waals surface area contributed by atoms with Crippen LogP contribution in [0.3, 0.4) is 0 Å². The number of rotatable bonds is 6. The number of thioether (sulfide) groups is 1. The summed E-state index contributed by atoms with van der Waals surface area (Å²) in [6, 6.07) is 5.78. The topological polar surface area (TPSA) is 126 Å². The molecule has 0 radical (unpaired) electrons. The Labute approximate surface area is 208 Å². The van der Waals surface area contributed by atoms with E-state index in [1.807, 2.05) is 18.2 Å². The van der Waals surface area contributed by atoms with Gasteiger partial charge >= 0.3 is 10.8 Å². The Bertz CT molecular complexity index is 1300. The number of carboxylic acids is 1. The number of H-pyrrole nitrogens is 1. The van der Waals surface area contributed by atoms with E-state index in [0.717, 1.165) is 21.9 Å². The number of ether oxygens (including phenoxy) is 2. The third-order valence-electron chi connectivity index (χ3n) is 8.13. The fraction of sp³-hybridized carbons (Fsp3) is 0.500. The number of benzene rings is 1. The number of methoxy groups -OCH3 is 2. The van der Waals surface area contributed by atoms with Crippen LogP contribution in [0.1, 0.15) is 29.2 Å². The minimum absolute atomic E-state index is 0.00507. The Kier molecular flexibility index (Phi) is 5.26. The maximum absolute atomic E-state index is 13.4. The molecule has 2 aromatic rings. The molecule has 184 valence electrons. The van der Waals surface area contributed by atoms with Gasteiger partial charge in [-0.2, -0.15) is 0 Å². The van der Waals surface area contributed by atoms with Gasteiger partial charge in [-0.15, -0.1) is 11.8 Å². The van der Waals surface area contributed by atoms with Gasteiger partial charge in [0.2, 0.25) is 11.8 Å². The molecule has 1 aromatic carbocycles. The van der Waals surface area contributed by atoms with Gasteiger partial charge in [-0.3, -0.25) is 24.1 Å². The van der Waals surface area contributed by atoms with Crippen molar-refractivity contribution in [2.45, 2.75) is 29.0 Å². The first-order valence-electron chi connectivity index (χ1n) is 11.5. The molecule has 11 heteroatoms. The zero-order valence-corrected chi connectivity index (χ0v) is 20.7. The molecule has 4 aliphatic rings. The molecular formula is C24H24N2O7S2. The van der Waals surface area contributed by atoms with E-state index in [2.05, 4.69) is 4.98 Å². The van der Waals surface area contributed by atoms with Crippen molar-refractivity contribution in [1.29, 1.82) is 0 Å². The van der Waals surface area contributed by atoms with E-state index in [0.29, 0.717) is 11.5 Å². The number of thiazole rings is 1. The molecule has 2 amide bonds. The van der Waals surface area contributed by atoms with E-state index in [1.54, 1.807) is 26.0 Å². The van der Waals surface area contributed by atoms with Crippen molar-refractivity contribution in [3.8, 4) is 11.5 Å². The molecule has 2 bridgehead atoms. The Morgan fingerprint density at radius 3 is 2.51 bits per heavy atom. The third-order valence-corrected chi connectivity index (χ3v) is 10.7. The van der Waals surface area contributed by atoms with Gasteiger partial charge in [0.1, 0.15) is 0 Å². The molecule has 2 aliphatic carbocycles. The van der Waals surface area contributed by atoms with Crippen LogP contribution in [-0.4, -0.2) is 58.8 Å². The molecular weight excluding hydrogens is 492 g/mol. The third kappa shape index (κ3) is 3.20. The smallest absolute Gasteiger partial charge is 0.305 e. The average molecular weight is 517 g/mol. The molecule has 3 heterocycles. The van der Waals surface area contributed by atoms with Gasteiger partial charge in [-0.05, 0) is 41.9 Å². The number of nitrogens with one attached hydrogen (secondary N) is 1. The first-order valence-corrected chi connectivity index (χ1v) is 13.2. The van der Waals surface area contributed by atoms with Gasteiger partial charge in [0, 0.05) is 22.6 Å². The zero-order valence-electron chi connectivity index (χ0n) is 19.1. The number of imide groups is 1. The minimum atomic E-state index is -1.03. The Morgan fingerprint density at radius 1 is 1.11 bits per heavy atom. The highest BCUT2D eigenvalue weighted by Gasteiger charge is 2.69. The van der Waals surface area contributed by atoms with E-state index in [4.69, 9.17) is 14.6 Å². The Hall–Kier alpha value is -2.79. The highest BCUT2D eigenvalue weighted by atomic mass is 32.2. The number of carboxylic acid groups (broad SMARTS) is 1. The molecule has 0 unspecified atom stereocenters. The lowest BCUT2D eigenvalue weighted by molar-refractivity contribution is -0.142. The maximum atomic E-state index is 13.4. The number of aromatic nitrogens is 1. The van der Waals surface area contributed by atoms with Crippen molar-refractivity contribution in [2.75, 3.05) is 20.8 Å². The monoisotopic (exact) mass is 516 g/mol. The van der Waals surface area contributed by atoms with Crippen LogP contribution in [0.25, 0.3) is 0 Å². The van der Waals surface area contributed by atoms with Crippen LogP contribution in [0.2, 0.25) is 0 Å². The number of fused-ring (bicyclic) bond motifs is 9. The molecule has 1 aromatic heterocycles. The van der Waals surface area contributed by atoms with Crippen LogP contribution < -0.4 is 14.3 Å². The normalized spacial score (nSPS) is 32.4. The first-order chi connectivity index (χ1) is 16.8. The second kappa shape index (κ2) is 8.12. The molecule has 2 saturated carbocycles. The number of aliphatic carboxylic acids is 1. The lowest BCUT2D eigenvalue weighted by Crippen LogP contribution is -2.42. The van der Waals surface area contributed by atoms with Crippen molar-refractivity contribution in [3.05, 3.63) is 38.3 Å². The van der Waals surface area contributed by atoms with E-state index < -0.39 is 17.8 Å². The highest BCUT2D eigenvalue weighted by molar-refractivity contribution is 8.00. The number of nitrogens with zero attached hydrogens (tertiary/aromatic N) is 1. The number of carbonyl (C=O) groups excluding carboxylic acids is 2.